The number of halogens is 3. The van der Waals surface area contributed by atoms with Gasteiger partial charge in [-0.05, 0) is 19.1 Å². The zero-order chi connectivity index (χ0) is 19.4. The number of amides is 1. The van der Waals surface area contributed by atoms with E-state index in [1.54, 1.807) is 6.07 Å². The average molecular weight is 372 g/mol. The molecular weight excluding hydrogens is 357 g/mol. The zero-order valence-electron chi connectivity index (χ0n) is 14.2. The van der Waals surface area contributed by atoms with Crippen molar-refractivity contribution in [2.24, 2.45) is 5.10 Å². The van der Waals surface area contributed by atoms with E-state index in [9.17, 15) is 18.0 Å². The van der Waals surface area contributed by atoms with Crippen LogP contribution in [0.2, 0.25) is 0 Å². The molecule has 0 bridgehead atoms. The van der Waals surface area contributed by atoms with Gasteiger partial charge in [-0.2, -0.15) is 23.4 Å². The summed E-state index contributed by atoms with van der Waals surface area (Å²) in [5.41, 5.74) is 3.87. The van der Waals surface area contributed by atoms with E-state index in [1.807, 2.05) is 31.2 Å². The standard InChI is InChI=1S/C19H15F3N4O/c1-12-6-8-13(9-7-12)16-10-17(25-24-16)18(27)26-23-11-14-4-2-3-5-15(14)19(20,21)22/h2-11H,1H3,(H,24,25)(H,26,27)/b23-11-. The van der Waals surface area contributed by atoms with Crippen molar-refractivity contribution in [3.05, 3.63) is 77.0 Å². The number of hydrazone groups is 1. The molecule has 1 heterocycles. The van der Waals surface area contributed by atoms with Gasteiger partial charge in [0.1, 0.15) is 5.69 Å². The molecule has 0 spiro atoms. The van der Waals surface area contributed by atoms with Gasteiger partial charge in [0.2, 0.25) is 0 Å². The monoisotopic (exact) mass is 372 g/mol. The van der Waals surface area contributed by atoms with Gasteiger partial charge < -0.3 is 0 Å². The molecular formula is C19H15F3N4O. The molecule has 0 aliphatic carbocycles. The highest BCUT2D eigenvalue weighted by molar-refractivity contribution is 5.94. The van der Waals surface area contributed by atoms with Gasteiger partial charge in [0.15, 0.2) is 0 Å². The first-order chi connectivity index (χ1) is 12.8. The van der Waals surface area contributed by atoms with E-state index in [1.165, 1.54) is 18.2 Å². The number of H-pyrrole nitrogens is 1. The fourth-order valence-corrected chi connectivity index (χ4v) is 2.40. The van der Waals surface area contributed by atoms with Crippen molar-refractivity contribution in [1.82, 2.24) is 15.6 Å². The Bertz CT molecular complexity index is 975. The Balaban J connectivity index is 1.70. The number of carbonyl (C=O) groups excluding carboxylic acids is 1. The van der Waals surface area contributed by atoms with Crippen LogP contribution in [0.3, 0.4) is 0 Å². The fourth-order valence-electron chi connectivity index (χ4n) is 2.40. The van der Waals surface area contributed by atoms with Crippen LogP contribution in [0.15, 0.2) is 59.7 Å². The highest BCUT2D eigenvalue weighted by Crippen LogP contribution is 2.31. The summed E-state index contributed by atoms with van der Waals surface area (Å²) in [5.74, 6) is -0.610. The van der Waals surface area contributed by atoms with E-state index in [4.69, 9.17) is 0 Å². The molecule has 0 unspecified atom stereocenters. The SMILES string of the molecule is Cc1ccc(-c2cc(C(=O)N/N=C\c3ccccc3C(F)(F)F)[nH]n2)cc1. The summed E-state index contributed by atoms with van der Waals surface area (Å²) in [6.45, 7) is 1.96. The summed E-state index contributed by atoms with van der Waals surface area (Å²) < 4.78 is 38.8. The Morgan fingerprint density at radius 2 is 1.85 bits per heavy atom. The highest BCUT2D eigenvalue weighted by Gasteiger charge is 2.32. The number of aryl methyl sites for hydroxylation is 1. The number of nitrogens with zero attached hydrogens (tertiary/aromatic N) is 2. The molecule has 2 aromatic carbocycles. The number of rotatable bonds is 4. The third kappa shape index (κ3) is 4.41. The summed E-state index contributed by atoms with van der Waals surface area (Å²) in [5, 5.41) is 10.3. The van der Waals surface area contributed by atoms with Crippen LogP contribution in [-0.2, 0) is 6.18 Å². The fraction of sp³-hybridized carbons (Fsp3) is 0.105. The molecule has 0 aliphatic heterocycles. The van der Waals surface area contributed by atoms with Gasteiger partial charge in [0.25, 0.3) is 5.91 Å². The minimum atomic E-state index is -4.50. The Kier molecular flexibility index (Phi) is 5.07. The summed E-state index contributed by atoms with van der Waals surface area (Å²) in [4.78, 5) is 12.1. The molecule has 5 nitrogen and oxygen atoms in total. The summed E-state index contributed by atoms with van der Waals surface area (Å²) in [6.07, 6.45) is -3.54. The van der Waals surface area contributed by atoms with E-state index < -0.39 is 17.6 Å². The number of alkyl halides is 3. The number of benzene rings is 2. The smallest absolute Gasteiger partial charge is 0.272 e. The van der Waals surface area contributed by atoms with Crippen molar-refractivity contribution in [2.45, 2.75) is 13.1 Å². The van der Waals surface area contributed by atoms with Crippen molar-refractivity contribution in [1.29, 1.82) is 0 Å². The van der Waals surface area contributed by atoms with Crippen LogP contribution in [0.4, 0.5) is 13.2 Å². The van der Waals surface area contributed by atoms with Crippen LogP contribution in [-0.4, -0.2) is 22.3 Å². The van der Waals surface area contributed by atoms with Crippen LogP contribution in [0.5, 0.6) is 0 Å². The van der Waals surface area contributed by atoms with Gasteiger partial charge >= 0.3 is 6.18 Å². The lowest BCUT2D eigenvalue weighted by Crippen LogP contribution is -2.18. The molecule has 2 N–H and O–H groups in total. The van der Waals surface area contributed by atoms with E-state index in [2.05, 4.69) is 20.7 Å². The number of nitrogens with one attached hydrogen (secondary N) is 2. The lowest BCUT2D eigenvalue weighted by molar-refractivity contribution is -0.137. The second kappa shape index (κ2) is 7.45. The minimum absolute atomic E-state index is 0.143. The first-order valence-electron chi connectivity index (χ1n) is 7.96. The first-order valence-corrected chi connectivity index (χ1v) is 7.96. The largest absolute Gasteiger partial charge is 0.417 e. The van der Waals surface area contributed by atoms with Crippen LogP contribution < -0.4 is 5.43 Å². The van der Waals surface area contributed by atoms with Crippen molar-refractivity contribution >= 4 is 12.1 Å². The molecule has 0 radical (unpaired) electrons. The molecule has 0 aliphatic rings. The number of aromatic nitrogens is 2. The van der Waals surface area contributed by atoms with Gasteiger partial charge in [-0.1, -0.05) is 48.0 Å². The maximum absolute atomic E-state index is 12.9. The molecule has 0 fully saturated rings. The molecule has 1 amide bonds. The summed E-state index contributed by atoms with van der Waals surface area (Å²) >= 11 is 0. The van der Waals surface area contributed by atoms with E-state index >= 15 is 0 Å². The summed E-state index contributed by atoms with van der Waals surface area (Å²) in [7, 11) is 0. The molecule has 0 atom stereocenters. The summed E-state index contributed by atoms with van der Waals surface area (Å²) in [6, 6.07) is 14.1. The van der Waals surface area contributed by atoms with Crippen molar-refractivity contribution in [3.63, 3.8) is 0 Å². The zero-order valence-corrected chi connectivity index (χ0v) is 14.2. The lowest BCUT2D eigenvalue weighted by Gasteiger charge is -2.09. The van der Waals surface area contributed by atoms with Crippen LogP contribution in [0.1, 0.15) is 27.2 Å². The normalized spacial score (nSPS) is 11.7. The predicted molar refractivity (Wildman–Crippen MR) is 95.3 cm³/mol. The van der Waals surface area contributed by atoms with Gasteiger partial charge in [0.05, 0.1) is 17.5 Å². The van der Waals surface area contributed by atoms with Crippen molar-refractivity contribution < 1.29 is 18.0 Å². The molecule has 3 rings (SSSR count). The molecule has 138 valence electrons. The average Bonchev–Trinajstić information content (AvgIpc) is 3.12. The maximum atomic E-state index is 12.9. The Hall–Kier alpha value is -3.42. The third-order valence-electron chi connectivity index (χ3n) is 3.81. The first kappa shape index (κ1) is 18.4. The molecule has 0 saturated heterocycles. The lowest BCUT2D eigenvalue weighted by atomic mass is 10.1. The molecule has 3 aromatic rings. The molecule has 1 aromatic heterocycles. The van der Waals surface area contributed by atoms with Gasteiger partial charge in [0, 0.05) is 11.1 Å². The van der Waals surface area contributed by atoms with Crippen LogP contribution in [0.25, 0.3) is 11.3 Å². The molecule has 8 heteroatoms. The second-order valence-electron chi connectivity index (χ2n) is 5.82. The van der Waals surface area contributed by atoms with Crippen LogP contribution >= 0.6 is 0 Å². The third-order valence-corrected chi connectivity index (χ3v) is 3.81. The van der Waals surface area contributed by atoms with E-state index in [0.717, 1.165) is 23.4 Å². The van der Waals surface area contributed by atoms with Crippen LogP contribution in [0, 0.1) is 6.92 Å². The number of carbonyl (C=O) groups is 1. The highest BCUT2D eigenvalue weighted by atomic mass is 19.4. The maximum Gasteiger partial charge on any atom is 0.417 e. The Morgan fingerprint density at radius 3 is 2.56 bits per heavy atom. The van der Waals surface area contributed by atoms with Gasteiger partial charge in [-0.25, -0.2) is 5.43 Å². The minimum Gasteiger partial charge on any atom is -0.272 e. The quantitative estimate of drug-likeness (QED) is 0.533. The topological polar surface area (TPSA) is 70.1 Å². The van der Waals surface area contributed by atoms with E-state index in [0.29, 0.717) is 5.69 Å². The number of aromatic amines is 1. The number of hydrogen-bond acceptors (Lipinski definition) is 3. The Morgan fingerprint density at radius 1 is 1.15 bits per heavy atom. The van der Waals surface area contributed by atoms with Gasteiger partial charge in [-0.15, -0.1) is 0 Å². The molecule has 27 heavy (non-hydrogen) atoms. The van der Waals surface area contributed by atoms with Crippen molar-refractivity contribution in [3.8, 4) is 11.3 Å². The predicted octanol–water partition coefficient (Wildman–Crippen LogP) is 4.17. The molecule has 0 saturated carbocycles. The Labute approximate surface area is 152 Å². The second-order valence-corrected chi connectivity index (χ2v) is 5.82. The van der Waals surface area contributed by atoms with Crippen molar-refractivity contribution in [2.75, 3.05) is 0 Å². The number of hydrogen-bond donors (Lipinski definition) is 2. The van der Waals surface area contributed by atoms with Gasteiger partial charge in [-0.3, -0.25) is 9.89 Å². The van der Waals surface area contributed by atoms with E-state index in [-0.39, 0.29) is 11.3 Å².